The molecule has 2 fully saturated rings. The summed E-state index contributed by atoms with van der Waals surface area (Å²) in [5.41, 5.74) is -0.614. The number of carbonyl (C=O) groups excluding carboxylic acids is 1. The van der Waals surface area contributed by atoms with Crippen LogP contribution in [0, 0.1) is 11.8 Å². The highest BCUT2D eigenvalue weighted by molar-refractivity contribution is 5.85. The van der Waals surface area contributed by atoms with Crippen molar-refractivity contribution in [2.75, 3.05) is 0 Å². The fourth-order valence-electron chi connectivity index (χ4n) is 2.63. The van der Waals surface area contributed by atoms with Crippen molar-refractivity contribution >= 4 is 5.78 Å². The minimum Gasteiger partial charge on any atom is -0.389 e. The van der Waals surface area contributed by atoms with E-state index in [4.69, 9.17) is 0 Å². The molecule has 0 radical (unpaired) electrons. The molecule has 0 saturated heterocycles. The molecule has 2 rings (SSSR count). The highest BCUT2D eigenvalue weighted by Crippen LogP contribution is 2.48. The van der Waals surface area contributed by atoms with Crippen LogP contribution in [0.2, 0.25) is 0 Å². The van der Waals surface area contributed by atoms with E-state index in [0.29, 0.717) is 6.42 Å². The molecule has 0 spiro atoms. The Balaban J connectivity index is 2.30. The lowest BCUT2D eigenvalue weighted by Crippen LogP contribution is -2.35. The molecule has 0 aromatic rings. The minimum atomic E-state index is -0.614. The Hall–Kier alpha value is -0.370. The van der Waals surface area contributed by atoms with Gasteiger partial charge in [0.1, 0.15) is 5.78 Å². The van der Waals surface area contributed by atoms with Gasteiger partial charge in [-0.2, -0.15) is 0 Å². The molecule has 1 N–H and O–H groups in total. The first-order valence-electron chi connectivity index (χ1n) is 4.39. The van der Waals surface area contributed by atoms with Crippen LogP contribution in [0.25, 0.3) is 0 Å². The van der Waals surface area contributed by atoms with Crippen LogP contribution in [0.3, 0.4) is 0 Å². The summed E-state index contributed by atoms with van der Waals surface area (Å²) in [4.78, 5) is 11.2. The molecule has 3 atom stereocenters. The molecule has 62 valence electrons. The first kappa shape index (κ1) is 7.29. The number of fused-ring (bicyclic) bond motifs is 1. The van der Waals surface area contributed by atoms with Crippen LogP contribution in [-0.4, -0.2) is 16.5 Å². The Morgan fingerprint density at radius 3 is 3.00 bits per heavy atom. The van der Waals surface area contributed by atoms with E-state index in [1.54, 1.807) is 0 Å². The highest BCUT2D eigenvalue weighted by atomic mass is 16.3. The van der Waals surface area contributed by atoms with E-state index >= 15 is 0 Å². The van der Waals surface area contributed by atoms with Crippen LogP contribution < -0.4 is 0 Å². The summed E-state index contributed by atoms with van der Waals surface area (Å²) in [5.74, 6) is 0.442. The first-order valence-corrected chi connectivity index (χ1v) is 4.39. The van der Waals surface area contributed by atoms with E-state index in [-0.39, 0.29) is 17.6 Å². The van der Waals surface area contributed by atoms with Crippen molar-refractivity contribution in [3.8, 4) is 0 Å². The number of hydrogen-bond acceptors (Lipinski definition) is 2. The second kappa shape index (κ2) is 2.07. The SMILES string of the molecule is CC1C(=O)CC2CCCC21O. The van der Waals surface area contributed by atoms with E-state index in [0.717, 1.165) is 19.3 Å². The molecule has 2 aliphatic carbocycles. The van der Waals surface area contributed by atoms with Crippen molar-refractivity contribution in [3.63, 3.8) is 0 Å². The molecule has 11 heavy (non-hydrogen) atoms. The third kappa shape index (κ3) is 0.791. The summed E-state index contributed by atoms with van der Waals surface area (Å²) in [6, 6.07) is 0. The average molecular weight is 154 g/mol. The molecule has 2 nitrogen and oxygen atoms in total. The van der Waals surface area contributed by atoms with Crippen molar-refractivity contribution in [3.05, 3.63) is 0 Å². The number of hydrogen-bond donors (Lipinski definition) is 1. The topological polar surface area (TPSA) is 37.3 Å². The van der Waals surface area contributed by atoms with Crippen molar-refractivity contribution in [2.45, 2.75) is 38.2 Å². The zero-order valence-electron chi connectivity index (χ0n) is 6.84. The van der Waals surface area contributed by atoms with Crippen molar-refractivity contribution in [1.29, 1.82) is 0 Å². The van der Waals surface area contributed by atoms with E-state index in [9.17, 15) is 9.90 Å². The number of aliphatic hydroxyl groups is 1. The normalized spacial score (nSPS) is 49.8. The van der Waals surface area contributed by atoms with Gasteiger partial charge in [0.25, 0.3) is 0 Å². The standard InChI is InChI=1S/C9H14O2/c1-6-8(10)5-7-3-2-4-9(6,7)11/h6-7,11H,2-5H2,1H3. The quantitative estimate of drug-likeness (QED) is 0.568. The average Bonchev–Trinajstić information content (AvgIpc) is 2.39. The van der Waals surface area contributed by atoms with Crippen LogP contribution in [0.15, 0.2) is 0 Å². The maximum atomic E-state index is 11.2. The lowest BCUT2D eigenvalue weighted by Gasteiger charge is -2.25. The Bertz CT molecular complexity index is 200. The van der Waals surface area contributed by atoms with Gasteiger partial charge in [0.2, 0.25) is 0 Å². The molecule has 0 amide bonds. The van der Waals surface area contributed by atoms with E-state index < -0.39 is 5.60 Å². The van der Waals surface area contributed by atoms with Gasteiger partial charge in [-0.05, 0) is 18.8 Å². The fourth-order valence-corrected chi connectivity index (χ4v) is 2.63. The Kier molecular flexibility index (Phi) is 1.37. The van der Waals surface area contributed by atoms with E-state index in [1.807, 2.05) is 6.92 Å². The summed E-state index contributed by atoms with van der Waals surface area (Å²) in [5, 5.41) is 10.0. The van der Waals surface area contributed by atoms with E-state index in [1.165, 1.54) is 0 Å². The summed E-state index contributed by atoms with van der Waals surface area (Å²) in [6.45, 7) is 1.87. The summed E-state index contributed by atoms with van der Waals surface area (Å²) in [7, 11) is 0. The lowest BCUT2D eigenvalue weighted by atomic mass is 9.88. The molecule has 0 bridgehead atoms. The number of carbonyl (C=O) groups is 1. The lowest BCUT2D eigenvalue weighted by molar-refractivity contribution is -0.123. The number of Topliss-reactive ketones (excluding diaryl/α,β-unsaturated/α-hetero) is 1. The van der Waals surface area contributed by atoms with E-state index in [2.05, 4.69) is 0 Å². The number of rotatable bonds is 0. The van der Waals surface area contributed by atoms with Gasteiger partial charge in [0.15, 0.2) is 0 Å². The molecule has 0 aliphatic heterocycles. The molecule has 0 heterocycles. The van der Waals surface area contributed by atoms with Gasteiger partial charge in [-0.15, -0.1) is 0 Å². The maximum absolute atomic E-state index is 11.2. The summed E-state index contributed by atoms with van der Waals surface area (Å²) < 4.78 is 0. The second-order valence-corrected chi connectivity index (χ2v) is 3.97. The molecule has 0 aromatic carbocycles. The van der Waals surface area contributed by atoms with Gasteiger partial charge in [0, 0.05) is 12.3 Å². The van der Waals surface area contributed by atoms with Gasteiger partial charge in [-0.1, -0.05) is 13.3 Å². The zero-order valence-corrected chi connectivity index (χ0v) is 6.84. The van der Waals surface area contributed by atoms with Crippen LogP contribution in [-0.2, 0) is 4.79 Å². The van der Waals surface area contributed by atoms with Crippen LogP contribution in [0.1, 0.15) is 32.6 Å². The number of ketones is 1. The highest BCUT2D eigenvalue weighted by Gasteiger charge is 2.53. The second-order valence-electron chi connectivity index (χ2n) is 3.97. The zero-order chi connectivity index (χ0) is 8.06. The third-order valence-electron chi connectivity index (χ3n) is 3.52. The largest absolute Gasteiger partial charge is 0.389 e. The fraction of sp³-hybridized carbons (Fsp3) is 0.889. The summed E-state index contributed by atoms with van der Waals surface area (Å²) >= 11 is 0. The van der Waals surface area contributed by atoms with Crippen LogP contribution >= 0.6 is 0 Å². The van der Waals surface area contributed by atoms with Crippen LogP contribution in [0.5, 0.6) is 0 Å². The van der Waals surface area contributed by atoms with Gasteiger partial charge < -0.3 is 5.11 Å². The molecule has 2 saturated carbocycles. The van der Waals surface area contributed by atoms with Crippen molar-refractivity contribution in [1.82, 2.24) is 0 Å². The maximum Gasteiger partial charge on any atom is 0.138 e. The van der Waals surface area contributed by atoms with Gasteiger partial charge >= 0.3 is 0 Å². The van der Waals surface area contributed by atoms with Gasteiger partial charge in [-0.3, -0.25) is 4.79 Å². The molecule has 2 heteroatoms. The summed E-state index contributed by atoms with van der Waals surface area (Å²) in [6.07, 6.45) is 3.60. The van der Waals surface area contributed by atoms with Crippen molar-refractivity contribution < 1.29 is 9.90 Å². The Morgan fingerprint density at radius 2 is 2.36 bits per heavy atom. The monoisotopic (exact) mass is 154 g/mol. The smallest absolute Gasteiger partial charge is 0.138 e. The van der Waals surface area contributed by atoms with Crippen LogP contribution in [0.4, 0.5) is 0 Å². The molecule has 2 aliphatic rings. The minimum absolute atomic E-state index is 0.102. The predicted octanol–water partition coefficient (Wildman–Crippen LogP) is 1.13. The van der Waals surface area contributed by atoms with Gasteiger partial charge in [0.05, 0.1) is 5.60 Å². The predicted molar refractivity (Wildman–Crippen MR) is 41.1 cm³/mol. The van der Waals surface area contributed by atoms with Crippen molar-refractivity contribution in [2.24, 2.45) is 11.8 Å². The third-order valence-corrected chi connectivity index (χ3v) is 3.52. The molecular formula is C9H14O2. The molecule has 0 aromatic heterocycles. The Labute approximate surface area is 66.6 Å². The molecule has 3 unspecified atom stereocenters. The first-order chi connectivity index (χ1) is 5.14. The molecular weight excluding hydrogens is 140 g/mol. The Morgan fingerprint density at radius 1 is 1.64 bits per heavy atom. The van der Waals surface area contributed by atoms with Gasteiger partial charge in [-0.25, -0.2) is 0 Å².